The molecule has 0 N–H and O–H groups in total. The summed E-state index contributed by atoms with van der Waals surface area (Å²) >= 11 is 0. The van der Waals surface area contributed by atoms with E-state index in [9.17, 15) is 0 Å². The molecular weight excluding hydrogens is 412 g/mol. The maximum Gasteiger partial charge on any atom is 0.199 e. The highest BCUT2D eigenvalue weighted by atomic mass is 16.5. The SMILES string of the molecule is C#CCOc1ccc(-n2c3nc(-c4ccccc4)nc-3nc3ccc(OCC#C)cc32)cc1. The van der Waals surface area contributed by atoms with Crippen LogP contribution in [0, 0.1) is 24.7 Å². The molecule has 0 radical (unpaired) electrons. The molecule has 3 aromatic rings. The van der Waals surface area contributed by atoms with Gasteiger partial charge < -0.3 is 9.47 Å². The first kappa shape index (κ1) is 20.1. The summed E-state index contributed by atoms with van der Waals surface area (Å²) in [6.45, 7) is 0.385. The summed E-state index contributed by atoms with van der Waals surface area (Å²) in [5.41, 5.74) is 3.35. The van der Waals surface area contributed by atoms with Crippen molar-refractivity contribution < 1.29 is 9.47 Å². The third-order valence-electron chi connectivity index (χ3n) is 5.02. The molecule has 3 aromatic carbocycles. The average Bonchev–Trinajstić information content (AvgIpc) is 3.29. The molecule has 2 aliphatic rings. The summed E-state index contributed by atoms with van der Waals surface area (Å²) in [5, 5.41) is 0. The molecule has 6 heteroatoms. The van der Waals surface area contributed by atoms with Crippen LogP contribution in [0.25, 0.3) is 39.8 Å². The third kappa shape index (κ3) is 3.94. The average molecular weight is 430 g/mol. The van der Waals surface area contributed by atoms with Gasteiger partial charge in [0.2, 0.25) is 0 Å². The summed E-state index contributed by atoms with van der Waals surface area (Å²) in [4.78, 5) is 14.3. The highest BCUT2D eigenvalue weighted by Crippen LogP contribution is 2.32. The number of ether oxygens (including phenoxy) is 2. The Kier molecular flexibility index (Phi) is 5.33. The van der Waals surface area contributed by atoms with Crippen molar-refractivity contribution in [1.29, 1.82) is 0 Å². The standard InChI is InChI=1S/C27H18N4O2/c1-3-16-32-21-12-10-20(11-13-21)31-24-18-22(33-17-4-2)14-15-23(24)28-26-27(31)30-25(29-26)19-8-6-5-7-9-19/h1-2,5-15,18H,16-17H2. The fourth-order valence-corrected chi connectivity index (χ4v) is 3.56. The number of rotatable bonds is 6. The first-order valence-corrected chi connectivity index (χ1v) is 10.3. The molecular formula is C27H18N4O2. The number of imidazole rings is 1. The van der Waals surface area contributed by atoms with Gasteiger partial charge in [0.25, 0.3) is 0 Å². The van der Waals surface area contributed by atoms with Gasteiger partial charge in [-0.25, -0.2) is 15.0 Å². The maximum absolute atomic E-state index is 5.65. The van der Waals surface area contributed by atoms with Gasteiger partial charge in [-0.15, -0.1) is 12.8 Å². The molecule has 0 aromatic heterocycles. The van der Waals surface area contributed by atoms with Crippen LogP contribution in [0.15, 0.2) is 72.8 Å². The van der Waals surface area contributed by atoms with Crippen LogP contribution in [-0.2, 0) is 0 Å². The normalized spacial score (nSPS) is 10.6. The lowest BCUT2D eigenvalue weighted by molar-refractivity contribution is 0.370. The number of hydrogen-bond acceptors (Lipinski definition) is 5. The molecule has 6 nitrogen and oxygen atoms in total. The Bertz CT molecular complexity index is 1480. The van der Waals surface area contributed by atoms with Crippen LogP contribution in [0.3, 0.4) is 0 Å². The molecule has 0 fully saturated rings. The lowest BCUT2D eigenvalue weighted by Crippen LogP contribution is -2.06. The van der Waals surface area contributed by atoms with E-state index in [0.717, 1.165) is 22.3 Å². The zero-order chi connectivity index (χ0) is 22.6. The van der Waals surface area contributed by atoms with Crippen molar-refractivity contribution in [3.05, 3.63) is 72.8 Å². The van der Waals surface area contributed by atoms with Gasteiger partial charge in [0.15, 0.2) is 17.5 Å². The number of hydrogen-bond donors (Lipinski definition) is 0. The quantitative estimate of drug-likeness (QED) is 0.368. The minimum Gasteiger partial charge on any atom is -0.481 e. The predicted octanol–water partition coefficient (Wildman–Crippen LogP) is 4.61. The monoisotopic (exact) mass is 430 g/mol. The second-order valence-corrected chi connectivity index (χ2v) is 7.14. The Balaban J connectivity index is 1.72. The van der Waals surface area contributed by atoms with Gasteiger partial charge in [-0.1, -0.05) is 42.2 Å². The molecule has 0 unspecified atom stereocenters. The smallest absolute Gasteiger partial charge is 0.199 e. The molecule has 33 heavy (non-hydrogen) atoms. The number of nitrogens with zero attached hydrogens (tertiary/aromatic N) is 4. The fraction of sp³-hybridized carbons (Fsp3) is 0.0741. The molecule has 5 rings (SSSR count). The molecule has 2 aliphatic heterocycles. The Morgan fingerprint density at radius 2 is 1.42 bits per heavy atom. The summed E-state index contributed by atoms with van der Waals surface area (Å²) in [6, 6.07) is 23.1. The lowest BCUT2D eigenvalue weighted by Gasteiger charge is -2.16. The second kappa shape index (κ2) is 8.74. The first-order chi connectivity index (χ1) is 16.3. The minimum absolute atomic E-state index is 0.177. The topological polar surface area (TPSA) is 62.1 Å². The number of aromatic nitrogens is 4. The van der Waals surface area contributed by atoms with E-state index in [-0.39, 0.29) is 13.2 Å². The number of terminal acetylenes is 2. The minimum atomic E-state index is 0.177. The molecule has 2 heterocycles. The first-order valence-electron chi connectivity index (χ1n) is 10.3. The van der Waals surface area contributed by atoms with E-state index in [4.69, 9.17) is 37.3 Å². The molecule has 0 saturated heterocycles. The molecule has 0 bridgehead atoms. The van der Waals surface area contributed by atoms with E-state index in [0.29, 0.717) is 29.0 Å². The molecule has 0 spiro atoms. The van der Waals surface area contributed by atoms with Crippen LogP contribution in [0.4, 0.5) is 0 Å². The van der Waals surface area contributed by atoms with Crippen molar-refractivity contribution >= 4 is 11.0 Å². The Morgan fingerprint density at radius 3 is 2.15 bits per heavy atom. The van der Waals surface area contributed by atoms with Crippen LogP contribution < -0.4 is 9.47 Å². The fourth-order valence-electron chi connectivity index (χ4n) is 3.56. The van der Waals surface area contributed by atoms with Gasteiger partial charge in [-0.05, 0) is 36.4 Å². The molecule has 0 aliphatic carbocycles. The van der Waals surface area contributed by atoms with Gasteiger partial charge in [-0.2, -0.15) is 0 Å². The van der Waals surface area contributed by atoms with E-state index >= 15 is 0 Å². The van der Waals surface area contributed by atoms with Crippen LogP contribution in [0.2, 0.25) is 0 Å². The molecule has 158 valence electrons. The number of benzene rings is 3. The zero-order valence-corrected chi connectivity index (χ0v) is 17.6. The lowest BCUT2D eigenvalue weighted by atomic mass is 10.2. The Hall–Kier alpha value is -4.81. The predicted molar refractivity (Wildman–Crippen MR) is 127 cm³/mol. The van der Waals surface area contributed by atoms with Crippen molar-refractivity contribution in [3.8, 4) is 64.9 Å². The van der Waals surface area contributed by atoms with Crippen LogP contribution >= 0.6 is 0 Å². The largest absolute Gasteiger partial charge is 0.481 e. The molecule has 0 atom stereocenters. The van der Waals surface area contributed by atoms with Gasteiger partial charge in [0.1, 0.15) is 24.7 Å². The third-order valence-corrected chi connectivity index (χ3v) is 5.02. The van der Waals surface area contributed by atoms with E-state index in [2.05, 4.69) is 11.8 Å². The summed E-state index contributed by atoms with van der Waals surface area (Å²) in [7, 11) is 0. The van der Waals surface area contributed by atoms with E-state index in [1.807, 2.05) is 77.4 Å². The van der Waals surface area contributed by atoms with Crippen molar-refractivity contribution in [2.75, 3.05) is 13.2 Å². The summed E-state index contributed by atoms with van der Waals surface area (Å²) < 4.78 is 13.2. The molecule has 0 saturated carbocycles. The van der Waals surface area contributed by atoms with Crippen molar-refractivity contribution in [1.82, 2.24) is 19.5 Å². The van der Waals surface area contributed by atoms with Gasteiger partial charge in [0, 0.05) is 17.3 Å². The van der Waals surface area contributed by atoms with Crippen LogP contribution in [0.1, 0.15) is 0 Å². The van der Waals surface area contributed by atoms with Crippen molar-refractivity contribution in [3.63, 3.8) is 0 Å². The van der Waals surface area contributed by atoms with Crippen molar-refractivity contribution in [2.45, 2.75) is 0 Å². The molecule has 0 amide bonds. The van der Waals surface area contributed by atoms with Gasteiger partial charge in [0.05, 0.1) is 11.0 Å². The number of fused-ring (bicyclic) bond motifs is 2. The summed E-state index contributed by atoms with van der Waals surface area (Å²) in [5.74, 6) is 8.08. The Morgan fingerprint density at radius 1 is 0.727 bits per heavy atom. The highest BCUT2D eigenvalue weighted by molar-refractivity contribution is 5.83. The van der Waals surface area contributed by atoms with E-state index < -0.39 is 0 Å². The zero-order valence-electron chi connectivity index (χ0n) is 17.6. The summed E-state index contributed by atoms with van der Waals surface area (Å²) in [6.07, 6.45) is 10.7. The van der Waals surface area contributed by atoms with Crippen molar-refractivity contribution in [2.24, 2.45) is 0 Å². The van der Waals surface area contributed by atoms with Gasteiger partial charge in [-0.3, -0.25) is 4.57 Å². The maximum atomic E-state index is 5.65. The van der Waals surface area contributed by atoms with E-state index in [1.54, 1.807) is 0 Å². The van der Waals surface area contributed by atoms with E-state index in [1.165, 1.54) is 0 Å². The van der Waals surface area contributed by atoms with Crippen LogP contribution in [-0.4, -0.2) is 32.7 Å². The Labute approximate surface area is 191 Å². The van der Waals surface area contributed by atoms with Crippen LogP contribution in [0.5, 0.6) is 11.5 Å². The highest BCUT2D eigenvalue weighted by Gasteiger charge is 2.21. The van der Waals surface area contributed by atoms with Gasteiger partial charge >= 0.3 is 0 Å². The second-order valence-electron chi connectivity index (χ2n) is 7.14.